The second-order valence-corrected chi connectivity index (χ2v) is 47.8. The maximum atomic E-state index is 17.8. The van der Waals surface area contributed by atoms with Crippen LogP contribution in [0.25, 0.3) is 0 Å². The Morgan fingerprint density at radius 2 is 0.432 bits per heavy atom. The summed E-state index contributed by atoms with van der Waals surface area (Å²) in [7, 11) is -38.9. The van der Waals surface area contributed by atoms with Gasteiger partial charge in [-0.25, -0.2) is 65.9 Å². The van der Waals surface area contributed by atoms with Crippen LogP contribution in [0.3, 0.4) is 0 Å². The van der Waals surface area contributed by atoms with Gasteiger partial charge in [0.1, 0.15) is 34.9 Å². The average Bonchev–Trinajstić information content (AvgIpc) is 0.956. The molecule has 4 atom stereocenters. The molecule has 0 amide bonds. The van der Waals surface area contributed by atoms with E-state index in [0.29, 0.717) is 103 Å². The van der Waals surface area contributed by atoms with E-state index in [1.54, 1.807) is 0 Å². The van der Waals surface area contributed by atoms with E-state index in [0.717, 1.165) is 0 Å². The van der Waals surface area contributed by atoms with Gasteiger partial charge in [0.05, 0.1) is 0 Å². The first-order valence-corrected chi connectivity index (χ1v) is 43.7. The lowest BCUT2D eigenvalue weighted by molar-refractivity contribution is -0.00869. The lowest BCUT2D eigenvalue weighted by Crippen LogP contribution is -2.87. The van der Waals surface area contributed by atoms with Crippen LogP contribution in [0.5, 0.6) is 0 Å². The van der Waals surface area contributed by atoms with Crippen LogP contribution in [-0.2, 0) is 41.4 Å². The Morgan fingerprint density at radius 1 is 0.250 bits per heavy atom. The Balaban J connectivity index is 1.23. The van der Waals surface area contributed by atoms with E-state index < -0.39 is 210 Å². The van der Waals surface area contributed by atoms with Crippen molar-refractivity contribution in [3.63, 3.8) is 0 Å². The van der Waals surface area contributed by atoms with E-state index in [2.05, 4.69) is 0 Å². The first kappa shape index (κ1) is 64.4. The van der Waals surface area contributed by atoms with Crippen molar-refractivity contribution >= 4 is 84.4 Å². The Hall–Kier alpha value is -2.29. The van der Waals surface area contributed by atoms with Gasteiger partial charge in [-0.15, -0.1) is 0 Å². The zero-order chi connectivity index (χ0) is 62.3. The van der Waals surface area contributed by atoms with E-state index in [1.807, 2.05) is 0 Å². The fourth-order valence-corrected chi connectivity index (χ4v) is 60.4. The SMILES string of the molecule is O[Si]1(C2CCCC2)O[Si]2(C3CCCC3)O[Si](O)(C3CCCC3)O[Si]3(C4CCCC4)O[Si](O[B-](c4c(F)c(F)c(F)c(F)c4F)(c4c(F)c(F)c(F)c(F)c4F)c4c(F)c(F)c(F)c(F)c4F)(C4CCCC4)O[Si](C4CCCC4)(O1)O[Si](C1CCCC1)(O2)O3. The normalized spacial score (nSPS) is 34.6. The molecule has 3 aromatic rings. The van der Waals surface area contributed by atoms with Gasteiger partial charge in [-0.05, 0) is 89.9 Å². The molecule has 3 aromatic carbocycles. The van der Waals surface area contributed by atoms with Crippen LogP contribution in [0.4, 0.5) is 65.9 Å². The van der Waals surface area contributed by atoms with E-state index in [9.17, 15) is 9.59 Å². The summed E-state index contributed by atoms with van der Waals surface area (Å²) in [6.45, 7) is 0. The van der Waals surface area contributed by atoms with Crippen molar-refractivity contribution in [2.45, 2.75) is 219 Å². The standard InChI is InChI=1S/C53H65BF15O12Si7/c55-39-36(40(56)46(62)51(67)45(39)61)54(37-41(57)47(63)52(68)48(64)42(37)58,38-43(59)49(65)53(69)50(66)44(38)60)72-84(31-19-5-6-20-31)77-86(33-23-9-10-24-33)75-82(70,29-15-1-2-16-29)73-85(32-21-7-8-22-32)74-83(71,30-17-3-4-18-30)76-87(78-84,34-25-11-12-26-34)81-88(79-85,80-86)35-27-13-14-28-35/h29-35,70-71H,1-28H2/q-1. The minimum absolute atomic E-state index is 0.0234. The molecule has 0 aromatic heterocycles. The maximum Gasteiger partial charge on any atom is 0.486 e. The van der Waals surface area contributed by atoms with E-state index in [1.165, 1.54) is 0 Å². The molecule has 3 saturated heterocycles. The van der Waals surface area contributed by atoms with Gasteiger partial charge in [0, 0.05) is 38.8 Å². The summed E-state index contributed by atoms with van der Waals surface area (Å²) >= 11 is 0. The van der Waals surface area contributed by atoms with Crippen molar-refractivity contribution in [1.82, 2.24) is 0 Å². The third-order valence-electron chi connectivity index (χ3n) is 20.9. The maximum absolute atomic E-state index is 17.8. The minimum atomic E-state index is -6.85. The van der Waals surface area contributed by atoms with Crippen LogP contribution >= 0.6 is 0 Å². The second kappa shape index (κ2) is 23.6. The molecule has 13 rings (SSSR count). The van der Waals surface area contributed by atoms with Gasteiger partial charge < -0.3 is 51.0 Å². The quantitative estimate of drug-likeness (QED) is 0.0774. The van der Waals surface area contributed by atoms with Crippen LogP contribution in [0, 0.1) is 87.3 Å². The summed E-state index contributed by atoms with van der Waals surface area (Å²) in [5.41, 5.74) is -16.4. The molecule has 7 saturated carbocycles. The largest absolute Gasteiger partial charge is 0.583 e. The highest BCUT2D eigenvalue weighted by atomic mass is 28.6. The monoisotopic (exact) mass is 1390 g/mol. The topological polar surface area (TPSA) is 133 Å². The summed E-state index contributed by atoms with van der Waals surface area (Å²) < 4.78 is 329. The smallest absolute Gasteiger partial charge is 0.486 e. The summed E-state index contributed by atoms with van der Waals surface area (Å²) in [5.74, 6) is -48.1. The Bertz CT molecular complexity index is 2910. The van der Waals surface area contributed by atoms with E-state index >= 15 is 65.9 Å². The molecule has 486 valence electrons. The molecule has 10 fully saturated rings. The molecule has 0 spiro atoms. The Kier molecular flexibility index (Phi) is 17.3. The second-order valence-electron chi connectivity index (χ2n) is 25.9. The molecule has 2 N–H and O–H groups in total. The first-order valence-electron chi connectivity index (χ1n) is 31.0. The summed E-state index contributed by atoms with van der Waals surface area (Å²) in [4.78, 5) is 28.4. The molecular weight excluding hydrogens is 1320 g/mol. The van der Waals surface area contributed by atoms with Crippen molar-refractivity contribution in [3.05, 3.63) is 87.3 Å². The highest BCUT2D eigenvalue weighted by Crippen LogP contribution is 2.63. The van der Waals surface area contributed by atoms with Crippen LogP contribution in [0.2, 0.25) is 38.8 Å². The lowest BCUT2D eigenvalue weighted by Gasteiger charge is -2.63. The molecule has 12 nitrogen and oxygen atoms in total. The molecule has 35 heteroatoms. The van der Waals surface area contributed by atoms with Gasteiger partial charge >= 0.3 is 61.6 Å². The fraction of sp³-hybridized carbons (Fsp3) is 0.660. The van der Waals surface area contributed by atoms with Gasteiger partial charge in [-0.3, -0.25) is 0 Å². The van der Waals surface area contributed by atoms with Gasteiger partial charge in [-0.1, -0.05) is 106 Å². The number of hydrogen-bond acceptors (Lipinski definition) is 12. The van der Waals surface area contributed by atoms with Gasteiger partial charge in [-0.2, -0.15) is 0 Å². The van der Waals surface area contributed by atoms with Crippen LogP contribution < -0.4 is 16.4 Å². The molecule has 4 unspecified atom stereocenters. The van der Waals surface area contributed by atoms with E-state index in [4.69, 9.17) is 41.4 Å². The molecule has 3 heterocycles. The number of fused-ring (bicyclic) bond motifs is 3. The highest BCUT2D eigenvalue weighted by molar-refractivity contribution is 7.11. The van der Waals surface area contributed by atoms with Crippen molar-refractivity contribution < 1.29 is 117 Å². The van der Waals surface area contributed by atoms with Crippen LogP contribution in [0.1, 0.15) is 180 Å². The highest BCUT2D eigenvalue weighted by Gasteiger charge is 2.83. The third kappa shape index (κ3) is 10.1. The fourth-order valence-electron chi connectivity index (χ4n) is 16.5. The molecular formula is C53H65BF15O12Si7-. The molecule has 10 aliphatic rings. The number of benzene rings is 3. The van der Waals surface area contributed by atoms with Crippen molar-refractivity contribution in [2.75, 3.05) is 0 Å². The molecule has 4 bridgehead atoms. The average molecular weight is 1390 g/mol. The number of hydrogen-bond donors (Lipinski definition) is 2. The van der Waals surface area contributed by atoms with Gasteiger partial charge in [0.2, 0.25) is 6.35 Å². The molecule has 7 aliphatic carbocycles. The summed E-state index contributed by atoms with van der Waals surface area (Å²) in [6.07, 6.45) is 0.412. The molecule has 0 radical (unpaired) electrons. The van der Waals surface area contributed by atoms with Crippen molar-refractivity contribution in [1.29, 1.82) is 0 Å². The van der Waals surface area contributed by atoms with Gasteiger partial charge in [0.15, 0.2) is 52.4 Å². The first-order chi connectivity index (χ1) is 41.8. The predicted octanol–water partition coefficient (Wildman–Crippen LogP) is 13.1. The zero-order valence-electron chi connectivity index (χ0n) is 47.6. The number of halogens is 15. The summed E-state index contributed by atoms with van der Waals surface area (Å²) in [6, 6.07) is 0. The molecule has 88 heavy (non-hydrogen) atoms. The van der Waals surface area contributed by atoms with Gasteiger partial charge in [0.25, 0.3) is 0 Å². The van der Waals surface area contributed by atoms with Crippen LogP contribution in [0.15, 0.2) is 0 Å². The van der Waals surface area contributed by atoms with Crippen molar-refractivity contribution in [2.24, 2.45) is 0 Å². The lowest BCUT2D eigenvalue weighted by atomic mass is 9.28. The predicted molar refractivity (Wildman–Crippen MR) is 294 cm³/mol. The Morgan fingerprint density at radius 3 is 0.670 bits per heavy atom. The van der Waals surface area contributed by atoms with Crippen molar-refractivity contribution in [3.8, 4) is 0 Å². The van der Waals surface area contributed by atoms with Crippen LogP contribution in [-0.4, -0.2) is 77.6 Å². The van der Waals surface area contributed by atoms with E-state index in [-0.39, 0.29) is 77.0 Å². The zero-order valence-corrected chi connectivity index (χ0v) is 54.6. The Labute approximate surface area is 504 Å². The minimum Gasteiger partial charge on any atom is -0.583 e. The number of rotatable bonds is 12. The molecule has 3 aliphatic heterocycles. The summed E-state index contributed by atoms with van der Waals surface area (Å²) in [5, 5.41) is 0. The third-order valence-corrected chi connectivity index (χ3v) is 53.3.